The zero-order valence-corrected chi connectivity index (χ0v) is 10.3. The Labute approximate surface area is 105 Å². The van der Waals surface area contributed by atoms with Crippen LogP contribution >= 0.6 is 0 Å². The van der Waals surface area contributed by atoms with E-state index in [9.17, 15) is 4.79 Å². The number of nitrogen functional groups attached to an aromatic ring is 1. The summed E-state index contributed by atoms with van der Waals surface area (Å²) in [5.41, 5.74) is 7.58. The maximum atomic E-state index is 10.9. The molecule has 1 unspecified atom stereocenters. The number of aryl methyl sites for hydroxylation is 1. The summed E-state index contributed by atoms with van der Waals surface area (Å²) < 4.78 is 0. The van der Waals surface area contributed by atoms with Crippen LogP contribution in [0, 0.1) is 6.92 Å². The Kier molecular flexibility index (Phi) is 3.06. The summed E-state index contributed by atoms with van der Waals surface area (Å²) in [6.07, 6.45) is 1.69. The number of anilines is 2. The fraction of sp³-hybridized carbons (Fsp3) is 0.231. The van der Waals surface area contributed by atoms with Crippen molar-refractivity contribution in [3.63, 3.8) is 0 Å². The Balaban J connectivity index is 2.56. The highest BCUT2D eigenvalue weighted by molar-refractivity contribution is 6.01. The molecule has 0 aliphatic rings. The minimum absolute atomic E-state index is 0.540. The molecular formula is C13H15N3O2. The molecule has 2 rings (SSSR count). The van der Waals surface area contributed by atoms with Crippen molar-refractivity contribution in [3.05, 3.63) is 30.0 Å². The van der Waals surface area contributed by atoms with E-state index < -0.39 is 12.0 Å². The molecule has 0 bridgehead atoms. The number of hydrogen-bond acceptors (Lipinski definition) is 4. The summed E-state index contributed by atoms with van der Waals surface area (Å²) in [6, 6.07) is 4.82. The SMILES string of the molecule is Cc1cnc(NC(C)C(=O)O)c2cccc(N)c12. The van der Waals surface area contributed by atoms with E-state index in [-0.39, 0.29) is 0 Å². The first-order valence-corrected chi connectivity index (χ1v) is 5.64. The summed E-state index contributed by atoms with van der Waals surface area (Å²) in [5.74, 6) is -0.382. The fourth-order valence-electron chi connectivity index (χ4n) is 1.88. The van der Waals surface area contributed by atoms with Crippen molar-refractivity contribution in [2.45, 2.75) is 19.9 Å². The number of carbonyl (C=O) groups is 1. The normalized spacial score (nSPS) is 12.3. The summed E-state index contributed by atoms with van der Waals surface area (Å²) in [6.45, 7) is 3.50. The number of rotatable bonds is 3. The molecule has 1 atom stereocenters. The van der Waals surface area contributed by atoms with E-state index in [1.54, 1.807) is 13.1 Å². The molecule has 0 radical (unpaired) electrons. The number of carboxylic acid groups (broad SMARTS) is 1. The molecule has 5 nitrogen and oxygen atoms in total. The topological polar surface area (TPSA) is 88.2 Å². The number of carboxylic acids is 1. The van der Waals surface area contributed by atoms with Gasteiger partial charge in [0.1, 0.15) is 11.9 Å². The number of aliphatic carboxylic acids is 1. The number of nitrogens with two attached hydrogens (primary N) is 1. The van der Waals surface area contributed by atoms with Crippen LogP contribution in [0.1, 0.15) is 12.5 Å². The molecular weight excluding hydrogens is 230 g/mol. The number of benzene rings is 1. The number of hydrogen-bond donors (Lipinski definition) is 3. The zero-order chi connectivity index (χ0) is 13.3. The number of nitrogens with one attached hydrogen (secondary N) is 1. The first-order valence-electron chi connectivity index (χ1n) is 5.64. The van der Waals surface area contributed by atoms with Gasteiger partial charge in [-0.3, -0.25) is 4.79 Å². The lowest BCUT2D eigenvalue weighted by molar-refractivity contribution is -0.137. The van der Waals surface area contributed by atoms with Crippen LogP contribution in [0.15, 0.2) is 24.4 Å². The maximum Gasteiger partial charge on any atom is 0.325 e. The number of aromatic nitrogens is 1. The van der Waals surface area contributed by atoms with Gasteiger partial charge in [-0.2, -0.15) is 0 Å². The monoisotopic (exact) mass is 245 g/mol. The molecule has 0 saturated heterocycles. The van der Waals surface area contributed by atoms with Crippen molar-refractivity contribution >= 4 is 28.2 Å². The quantitative estimate of drug-likeness (QED) is 0.720. The van der Waals surface area contributed by atoms with Crippen LogP contribution in [-0.4, -0.2) is 22.1 Å². The van der Waals surface area contributed by atoms with E-state index in [0.29, 0.717) is 11.5 Å². The van der Waals surface area contributed by atoms with Gasteiger partial charge in [-0.05, 0) is 25.5 Å². The molecule has 0 spiro atoms. The second-order valence-electron chi connectivity index (χ2n) is 4.26. The van der Waals surface area contributed by atoms with Crippen molar-refractivity contribution in [2.24, 2.45) is 0 Å². The summed E-state index contributed by atoms with van der Waals surface area (Å²) in [4.78, 5) is 15.1. The molecule has 1 heterocycles. The molecule has 1 aromatic heterocycles. The van der Waals surface area contributed by atoms with Gasteiger partial charge < -0.3 is 16.2 Å². The molecule has 0 fully saturated rings. The van der Waals surface area contributed by atoms with Gasteiger partial charge in [-0.15, -0.1) is 0 Å². The van der Waals surface area contributed by atoms with Crippen molar-refractivity contribution in [2.75, 3.05) is 11.1 Å². The fourth-order valence-corrected chi connectivity index (χ4v) is 1.88. The zero-order valence-electron chi connectivity index (χ0n) is 10.3. The lowest BCUT2D eigenvalue weighted by Gasteiger charge is -2.14. The Morgan fingerprint density at radius 2 is 2.22 bits per heavy atom. The van der Waals surface area contributed by atoms with Crippen LogP contribution in [0.5, 0.6) is 0 Å². The molecule has 0 saturated carbocycles. The predicted octanol–water partition coefficient (Wildman–Crippen LogP) is 2.01. The summed E-state index contributed by atoms with van der Waals surface area (Å²) in [5, 5.41) is 13.5. The molecule has 5 heteroatoms. The minimum Gasteiger partial charge on any atom is -0.480 e. The van der Waals surface area contributed by atoms with E-state index >= 15 is 0 Å². The van der Waals surface area contributed by atoms with E-state index in [2.05, 4.69) is 10.3 Å². The molecule has 0 aliphatic heterocycles. The van der Waals surface area contributed by atoms with Crippen molar-refractivity contribution < 1.29 is 9.90 Å². The predicted molar refractivity (Wildman–Crippen MR) is 71.6 cm³/mol. The van der Waals surface area contributed by atoms with Crippen LogP contribution in [0.25, 0.3) is 10.8 Å². The van der Waals surface area contributed by atoms with Gasteiger partial charge in [0.25, 0.3) is 0 Å². The van der Waals surface area contributed by atoms with Crippen LogP contribution < -0.4 is 11.1 Å². The van der Waals surface area contributed by atoms with Gasteiger partial charge in [0.2, 0.25) is 0 Å². The number of pyridine rings is 1. The van der Waals surface area contributed by atoms with Crippen molar-refractivity contribution in [3.8, 4) is 0 Å². The Morgan fingerprint density at radius 1 is 1.50 bits per heavy atom. The first kappa shape index (κ1) is 12.2. The molecule has 18 heavy (non-hydrogen) atoms. The molecule has 1 aromatic carbocycles. The molecule has 4 N–H and O–H groups in total. The highest BCUT2D eigenvalue weighted by Gasteiger charge is 2.14. The van der Waals surface area contributed by atoms with E-state index in [1.807, 2.05) is 25.1 Å². The smallest absolute Gasteiger partial charge is 0.325 e. The Morgan fingerprint density at radius 3 is 2.89 bits per heavy atom. The van der Waals surface area contributed by atoms with E-state index in [1.165, 1.54) is 0 Å². The van der Waals surface area contributed by atoms with Gasteiger partial charge in [-0.1, -0.05) is 12.1 Å². The average molecular weight is 245 g/mol. The first-order chi connectivity index (χ1) is 8.50. The van der Waals surface area contributed by atoms with Crippen LogP contribution in [-0.2, 0) is 4.79 Å². The molecule has 0 amide bonds. The lowest BCUT2D eigenvalue weighted by atomic mass is 10.1. The van der Waals surface area contributed by atoms with E-state index in [0.717, 1.165) is 16.3 Å². The Hall–Kier alpha value is -2.30. The van der Waals surface area contributed by atoms with Gasteiger partial charge in [0.05, 0.1) is 0 Å². The molecule has 94 valence electrons. The second-order valence-corrected chi connectivity index (χ2v) is 4.26. The molecule has 0 aliphatic carbocycles. The largest absolute Gasteiger partial charge is 0.480 e. The third-order valence-electron chi connectivity index (χ3n) is 2.86. The van der Waals surface area contributed by atoms with Gasteiger partial charge in [0, 0.05) is 22.7 Å². The van der Waals surface area contributed by atoms with Crippen molar-refractivity contribution in [1.29, 1.82) is 0 Å². The van der Waals surface area contributed by atoms with Gasteiger partial charge in [-0.25, -0.2) is 4.98 Å². The molecule has 2 aromatic rings. The number of fused-ring (bicyclic) bond motifs is 1. The third kappa shape index (κ3) is 2.07. The minimum atomic E-state index is -0.922. The Bertz CT molecular complexity index is 602. The standard InChI is InChI=1S/C13H15N3O2/c1-7-6-15-12(16-8(2)13(17)18)9-4-3-5-10(14)11(7)9/h3-6,8H,14H2,1-2H3,(H,15,16)(H,17,18). The lowest BCUT2D eigenvalue weighted by Crippen LogP contribution is -2.26. The summed E-state index contributed by atoms with van der Waals surface area (Å²) in [7, 11) is 0. The van der Waals surface area contributed by atoms with E-state index in [4.69, 9.17) is 10.8 Å². The highest BCUT2D eigenvalue weighted by Crippen LogP contribution is 2.29. The van der Waals surface area contributed by atoms with Crippen molar-refractivity contribution in [1.82, 2.24) is 4.98 Å². The van der Waals surface area contributed by atoms with Crippen LogP contribution in [0.3, 0.4) is 0 Å². The maximum absolute atomic E-state index is 10.9. The third-order valence-corrected chi connectivity index (χ3v) is 2.86. The van der Waals surface area contributed by atoms with Crippen LogP contribution in [0.4, 0.5) is 11.5 Å². The van der Waals surface area contributed by atoms with Crippen LogP contribution in [0.2, 0.25) is 0 Å². The van der Waals surface area contributed by atoms with Gasteiger partial charge in [0.15, 0.2) is 0 Å². The second kappa shape index (κ2) is 4.52. The van der Waals surface area contributed by atoms with Gasteiger partial charge >= 0.3 is 5.97 Å². The number of nitrogens with zero attached hydrogens (tertiary/aromatic N) is 1. The average Bonchev–Trinajstić information content (AvgIpc) is 2.32. The summed E-state index contributed by atoms with van der Waals surface area (Å²) >= 11 is 0. The highest BCUT2D eigenvalue weighted by atomic mass is 16.4.